The Morgan fingerprint density at radius 1 is 1.11 bits per heavy atom. The number of amides is 1. The van der Waals surface area contributed by atoms with E-state index in [0.29, 0.717) is 71.1 Å². The van der Waals surface area contributed by atoms with Crippen LogP contribution >= 0.6 is 11.3 Å². The molecule has 4 aromatic rings. The van der Waals surface area contributed by atoms with Crippen LogP contribution in [0.1, 0.15) is 56.4 Å². The number of likely N-dealkylation sites (tertiary alicyclic amines) is 1. The average molecular weight is 627 g/mol. The van der Waals surface area contributed by atoms with Crippen LogP contribution < -0.4 is 16.0 Å². The Labute approximate surface area is 256 Å². The lowest BCUT2D eigenvalue weighted by atomic mass is 10.1. The zero-order valence-corrected chi connectivity index (χ0v) is 25.9. The number of nitrogens with zero attached hydrogens (tertiary/aromatic N) is 6. The topological polar surface area (TPSA) is 123 Å². The van der Waals surface area contributed by atoms with Gasteiger partial charge in [0.2, 0.25) is 5.91 Å². The summed E-state index contributed by atoms with van der Waals surface area (Å²) in [6.07, 6.45) is 3.62. The fourth-order valence-corrected chi connectivity index (χ4v) is 7.34. The fourth-order valence-electron chi connectivity index (χ4n) is 6.12. The molecule has 0 N–H and O–H groups in total. The summed E-state index contributed by atoms with van der Waals surface area (Å²) >= 11 is 1.20. The normalized spacial score (nSPS) is 18.5. The van der Waals surface area contributed by atoms with Gasteiger partial charge in [0.25, 0.3) is 5.56 Å². The zero-order valence-electron chi connectivity index (χ0n) is 25.1. The van der Waals surface area contributed by atoms with Crippen molar-refractivity contribution in [3.8, 4) is 10.8 Å². The van der Waals surface area contributed by atoms with E-state index in [0.717, 1.165) is 4.57 Å². The molecule has 3 aromatic heterocycles. The van der Waals surface area contributed by atoms with Crippen molar-refractivity contribution in [1.29, 1.82) is 0 Å². The number of aromatic nitrogens is 5. The summed E-state index contributed by atoms with van der Waals surface area (Å²) in [6.45, 7) is 7.00. The fraction of sp³-hybridized carbons (Fsp3) is 0.500. The summed E-state index contributed by atoms with van der Waals surface area (Å²) in [6, 6.07) is 3.15. The average Bonchev–Trinajstić information content (AvgIpc) is 3.75. The van der Waals surface area contributed by atoms with E-state index in [1.165, 1.54) is 58.4 Å². The third-order valence-electron chi connectivity index (χ3n) is 8.38. The predicted octanol–water partition coefficient (Wildman–Crippen LogP) is 3.38. The van der Waals surface area contributed by atoms with Crippen molar-refractivity contribution in [3.05, 3.63) is 68.4 Å². The van der Waals surface area contributed by atoms with Gasteiger partial charge in [-0.3, -0.25) is 14.2 Å². The van der Waals surface area contributed by atoms with Crippen molar-refractivity contribution in [1.82, 2.24) is 29.0 Å². The first-order chi connectivity index (χ1) is 21.2. The summed E-state index contributed by atoms with van der Waals surface area (Å²) in [5, 5.41) is 9.37. The van der Waals surface area contributed by atoms with Crippen LogP contribution in [-0.2, 0) is 20.8 Å². The smallest absolute Gasteiger partial charge is 0.332 e. The maximum Gasteiger partial charge on any atom is 0.332 e. The second-order valence-corrected chi connectivity index (χ2v) is 12.3. The maximum absolute atomic E-state index is 14.7. The van der Waals surface area contributed by atoms with E-state index in [1.54, 1.807) is 11.8 Å². The molecule has 2 atom stereocenters. The van der Waals surface area contributed by atoms with Crippen LogP contribution in [0.15, 0.2) is 40.2 Å². The Balaban J connectivity index is 1.56. The van der Waals surface area contributed by atoms with Crippen molar-refractivity contribution >= 4 is 27.5 Å². The van der Waals surface area contributed by atoms with E-state index in [-0.39, 0.29) is 24.6 Å². The second kappa shape index (κ2) is 12.3. The van der Waals surface area contributed by atoms with Crippen LogP contribution in [0.4, 0.5) is 4.39 Å². The second-order valence-electron chi connectivity index (χ2n) is 11.4. The van der Waals surface area contributed by atoms with Crippen molar-refractivity contribution in [2.45, 2.75) is 70.9 Å². The third-order valence-corrected chi connectivity index (χ3v) is 9.66. The van der Waals surface area contributed by atoms with E-state index in [2.05, 4.69) is 10.2 Å². The summed E-state index contributed by atoms with van der Waals surface area (Å²) in [4.78, 5) is 45.6. The van der Waals surface area contributed by atoms with Crippen molar-refractivity contribution in [3.63, 3.8) is 0 Å². The van der Waals surface area contributed by atoms with Gasteiger partial charge >= 0.3 is 5.69 Å². The molecule has 1 aromatic carbocycles. The molecule has 0 aliphatic carbocycles. The highest BCUT2D eigenvalue weighted by molar-refractivity contribution is 7.21. The molecule has 0 saturated carbocycles. The SMILES string of the molecule is COc1ccc(F)cc1[C@H](Cn1c(=O)n([C@H]2CCN(C(C)C)C2=O)c(=O)c2c(C)c(-n3nccn3)sc21)OC1CCOCC1. The minimum Gasteiger partial charge on any atom is -0.496 e. The van der Waals surface area contributed by atoms with Gasteiger partial charge < -0.3 is 19.1 Å². The molecule has 0 bridgehead atoms. The summed E-state index contributed by atoms with van der Waals surface area (Å²) in [5.74, 6) is -0.342. The number of benzene rings is 1. The number of hydrogen-bond acceptors (Lipinski definition) is 9. The number of carbonyl (C=O) groups is 1. The first kappa shape index (κ1) is 30.2. The molecule has 14 heteroatoms. The Hall–Kier alpha value is -3.88. The van der Waals surface area contributed by atoms with Gasteiger partial charge in [-0.25, -0.2) is 13.8 Å². The van der Waals surface area contributed by atoms with E-state index < -0.39 is 29.2 Å². The molecule has 2 aliphatic rings. The Kier molecular flexibility index (Phi) is 8.40. The third kappa shape index (κ3) is 5.35. The van der Waals surface area contributed by atoms with Crippen LogP contribution in [0.2, 0.25) is 0 Å². The van der Waals surface area contributed by atoms with E-state index >= 15 is 0 Å². The Morgan fingerprint density at radius 3 is 2.50 bits per heavy atom. The van der Waals surface area contributed by atoms with Gasteiger partial charge in [-0.1, -0.05) is 11.3 Å². The Morgan fingerprint density at radius 2 is 1.84 bits per heavy atom. The lowest BCUT2D eigenvalue weighted by molar-refractivity contribution is -0.131. The van der Waals surface area contributed by atoms with E-state index in [4.69, 9.17) is 14.2 Å². The number of carbonyl (C=O) groups excluding carboxylic acids is 1. The zero-order chi connectivity index (χ0) is 31.1. The number of ether oxygens (including phenoxy) is 3. The predicted molar refractivity (Wildman–Crippen MR) is 161 cm³/mol. The van der Waals surface area contributed by atoms with Crippen LogP contribution in [0.3, 0.4) is 0 Å². The molecular weight excluding hydrogens is 591 g/mol. The minimum absolute atomic E-state index is 0.0620. The number of thiophene rings is 1. The molecule has 0 unspecified atom stereocenters. The van der Waals surface area contributed by atoms with Gasteiger partial charge in [0.15, 0.2) is 0 Å². The minimum atomic E-state index is -0.947. The number of hydrogen-bond donors (Lipinski definition) is 0. The van der Waals surface area contributed by atoms with Crippen LogP contribution in [0, 0.1) is 12.7 Å². The molecule has 2 aliphatic heterocycles. The first-order valence-corrected chi connectivity index (χ1v) is 15.5. The molecule has 12 nitrogen and oxygen atoms in total. The largest absolute Gasteiger partial charge is 0.496 e. The van der Waals surface area contributed by atoms with Gasteiger partial charge in [0, 0.05) is 36.9 Å². The quantitative estimate of drug-likeness (QED) is 0.277. The van der Waals surface area contributed by atoms with Crippen LogP contribution in [0.25, 0.3) is 15.2 Å². The molecule has 5 heterocycles. The summed E-state index contributed by atoms with van der Waals surface area (Å²) < 4.78 is 34.9. The summed E-state index contributed by atoms with van der Waals surface area (Å²) in [7, 11) is 1.49. The van der Waals surface area contributed by atoms with E-state index in [9.17, 15) is 18.8 Å². The molecule has 0 radical (unpaired) electrons. The molecule has 234 valence electrons. The van der Waals surface area contributed by atoms with Crippen molar-refractivity contribution in [2.75, 3.05) is 26.9 Å². The van der Waals surface area contributed by atoms with Crippen LogP contribution in [-0.4, -0.2) is 73.9 Å². The number of aryl methyl sites for hydroxylation is 1. The van der Waals surface area contributed by atoms with E-state index in [1.807, 2.05) is 13.8 Å². The highest BCUT2D eigenvalue weighted by atomic mass is 32.1. The van der Waals surface area contributed by atoms with Gasteiger partial charge in [0.05, 0.1) is 37.5 Å². The Bertz CT molecular complexity index is 1790. The lowest BCUT2D eigenvalue weighted by Gasteiger charge is -2.29. The highest BCUT2D eigenvalue weighted by Crippen LogP contribution is 2.36. The molecule has 6 rings (SSSR count). The van der Waals surface area contributed by atoms with Gasteiger partial charge in [-0.05, 0) is 58.2 Å². The first-order valence-electron chi connectivity index (χ1n) is 14.7. The monoisotopic (exact) mass is 626 g/mol. The summed E-state index contributed by atoms with van der Waals surface area (Å²) in [5.41, 5.74) is -0.154. The van der Waals surface area contributed by atoms with Crippen LogP contribution in [0.5, 0.6) is 5.75 Å². The number of fused-ring (bicyclic) bond motifs is 1. The molecule has 44 heavy (non-hydrogen) atoms. The molecule has 2 fully saturated rings. The van der Waals surface area contributed by atoms with Crippen molar-refractivity contribution < 1.29 is 23.4 Å². The lowest BCUT2D eigenvalue weighted by Crippen LogP contribution is -2.45. The molecule has 0 spiro atoms. The number of halogens is 1. The van der Waals surface area contributed by atoms with Gasteiger partial charge in [-0.15, -0.1) is 4.80 Å². The molecule has 2 saturated heterocycles. The number of methoxy groups -OCH3 is 1. The standard InChI is InChI=1S/C30H35FN6O6S/c1-17(2)34-12-7-22(26(34)38)36-27(39)25-18(3)28(37-32-10-11-33-37)44-29(25)35(30(36)40)16-24(43-20-8-13-42-14-9-20)21-15-19(31)5-6-23(21)41-4/h5-6,10-11,15,17,20,22,24H,7-9,12-14,16H2,1-4H3/t22-,24-/m0/s1. The molecular formula is C30H35FN6O6S. The van der Waals surface area contributed by atoms with Gasteiger partial charge in [0.1, 0.15) is 33.5 Å². The van der Waals surface area contributed by atoms with Crippen molar-refractivity contribution in [2.24, 2.45) is 0 Å². The number of rotatable bonds is 9. The maximum atomic E-state index is 14.7. The van der Waals surface area contributed by atoms with Gasteiger partial charge in [-0.2, -0.15) is 10.2 Å². The molecule has 1 amide bonds. The highest BCUT2D eigenvalue weighted by Gasteiger charge is 2.38.